The Morgan fingerprint density at radius 3 is 2.67 bits per heavy atom. The highest BCUT2D eigenvalue weighted by molar-refractivity contribution is 6.06. The Bertz CT molecular complexity index is 732. The number of aryl methyl sites for hydroxylation is 2. The SMILES string of the molecule is Cc1nnc(NC(=O)c2cc([N+](=O)[O-])cnc2N)nc1C. The molecule has 0 saturated carbocycles. The summed E-state index contributed by atoms with van der Waals surface area (Å²) in [6, 6.07) is 1.03. The zero-order chi connectivity index (χ0) is 15.6. The summed E-state index contributed by atoms with van der Waals surface area (Å²) in [5, 5.41) is 20.6. The maximum Gasteiger partial charge on any atom is 0.288 e. The zero-order valence-electron chi connectivity index (χ0n) is 11.2. The predicted molar refractivity (Wildman–Crippen MR) is 72.6 cm³/mol. The van der Waals surface area contributed by atoms with Crippen molar-refractivity contribution in [3.8, 4) is 0 Å². The number of pyridine rings is 1. The summed E-state index contributed by atoms with van der Waals surface area (Å²) in [5.41, 5.74) is 6.31. The molecule has 2 aromatic rings. The average Bonchev–Trinajstić information content (AvgIpc) is 2.43. The maximum absolute atomic E-state index is 12.0. The summed E-state index contributed by atoms with van der Waals surface area (Å²) in [4.78, 5) is 29.7. The van der Waals surface area contributed by atoms with E-state index in [1.165, 1.54) is 0 Å². The van der Waals surface area contributed by atoms with E-state index >= 15 is 0 Å². The molecule has 0 unspecified atom stereocenters. The van der Waals surface area contributed by atoms with Crippen molar-refractivity contribution < 1.29 is 9.72 Å². The van der Waals surface area contributed by atoms with Crippen LogP contribution in [0.4, 0.5) is 17.5 Å². The number of nitro groups is 1. The molecule has 0 aliphatic carbocycles. The number of anilines is 2. The van der Waals surface area contributed by atoms with Crippen molar-refractivity contribution >= 4 is 23.4 Å². The summed E-state index contributed by atoms with van der Waals surface area (Å²) in [5.74, 6) is -0.849. The molecule has 21 heavy (non-hydrogen) atoms. The molecule has 3 N–H and O–H groups in total. The Kier molecular flexibility index (Phi) is 3.69. The van der Waals surface area contributed by atoms with Crippen molar-refractivity contribution in [2.24, 2.45) is 0 Å². The summed E-state index contributed by atoms with van der Waals surface area (Å²) in [6.07, 6.45) is 0.972. The fourth-order valence-corrected chi connectivity index (χ4v) is 1.42. The van der Waals surface area contributed by atoms with E-state index in [0.29, 0.717) is 11.4 Å². The first-order valence-corrected chi connectivity index (χ1v) is 5.77. The molecule has 2 heterocycles. The molecule has 0 atom stereocenters. The van der Waals surface area contributed by atoms with E-state index in [1.54, 1.807) is 13.8 Å². The van der Waals surface area contributed by atoms with Crippen LogP contribution in [0.5, 0.6) is 0 Å². The van der Waals surface area contributed by atoms with Crippen LogP contribution in [-0.4, -0.2) is 31.0 Å². The molecule has 0 radical (unpaired) electrons. The van der Waals surface area contributed by atoms with Gasteiger partial charge in [-0.15, -0.1) is 5.10 Å². The molecule has 0 fully saturated rings. The van der Waals surface area contributed by atoms with Gasteiger partial charge in [0, 0.05) is 6.07 Å². The first-order valence-electron chi connectivity index (χ1n) is 5.77. The van der Waals surface area contributed by atoms with Crippen LogP contribution in [0.2, 0.25) is 0 Å². The Labute approximate surface area is 118 Å². The molecule has 0 aromatic carbocycles. The second-order valence-corrected chi connectivity index (χ2v) is 4.14. The van der Waals surface area contributed by atoms with Crippen molar-refractivity contribution in [2.45, 2.75) is 13.8 Å². The summed E-state index contributed by atoms with van der Waals surface area (Å²) in [7, 11) is 0. The molecular weight excluding hydrogens is 278 g/mol. The third kappa shape index (κ3) is 3.05. The molecular formula is C11H11N7O3. The van der Waals surface area contributed by atoms with Crippen LogP contribution in [-0.2, 0) is 0 Å². The minimum absolute atomic E-state index is 0.0194. The quantitative estimate of drug-likeness (QED) is 0.616. The van der Waals surface area contributed by atoms with Crippen molar-refractivity contribution in [1.82, 2.24) is 20.2 Å². The van der Waals surface area contributed by atoms with Gasteiger partial charge < -0.3 is 5.73 Å². The lowest BCUT2D eigenvalue weighted by Crippen LogP contribution is -2.18. The number of nitrogens with two attached hydrogens (primary N) is 1. The number of hydrogen-bond acceptors (Lipinski definition) is 8. The Morgan fingerprint density at radius 1 is 1.33 bits per heavy atom. The molecule has 1 amide bonds. The monoisotopic (exact) mass is 289 g/mol. The third-order valence-corrected chi connectivity index (χ3v) is 2.68. The maximum atomic E-state index is 12.0. The van der Waals surface area contributed by atoms with Crippen LogP contribution in [0.3, 0.4) is 0 Å². The van der Waals surface area contributed by atoms with E-state index in [4.69, 9.17) is 5.73 Å². The van der Waals surface area contributed by atoms with Gasteiger partial charge in [0.05, 0.1) is 21.9 Å². The van der Waals surface area contributed by atoms with Gasteiger partial charge in [0.1, 0.15) is 12.0 Å². The highest BCUT2D eigenvalue weighted by Gasteiger charge is 2.17. The molecule has 2 aromatic heterocycles. The standard InChI is InChI=1S/C11H11N7O3/c1-5-6(2)16-17-11(14-5)15-10(19)8-3-7(18(20)21)4-13-9(8)12/h3-4H,1-2H3,(H2,12,13)(H,14,15,17,19). The van der Waals surface area contributed by atoms with Crippen molar-refractivity contribution in [3.63, 3.8) is 0 Å². The van der Waals surface area contributed by atoms with Crippen LogP contribution in [0.25, 0.3) is 0 Å². The average molecular weight is 289 g/mol. The van der Waals surface area contributed by atoms with Crippen LogP contribution < -0.4 is 11.1 Å². The van der Waals surface area contributed by atoms with Crippen LogP contribution in [0, 0.1) is 24.0 Å². The van der Waals surface area contributed by atoms with Crippen molar-refractivity contribution in [2.75, 3.05) is 11.1 Å². The Morgan fingerprint density at radius 2 is 2.05 bits per heavy atom. The molecule has 10 heteroatoms. The first-order chi connectivity index (χ1) is 9.88. The minimum atomic E-state index is -0.700. The molecule has 0 bridgehead atoms. The molecule has 108 valence electrons. The Balaban J connectivity index is 2.29. The number of rotatable bonds is 3. The van der Waals surface area contributed by atoms with E-state index < -0.39 is 10.8 Å². The van der Waals surface area contributed by atoms with Gasteiger partial charge in [-0.2, -0.15) is 5.10 Å². The fraction of sp³-hybridized carbons (Fsp3) is 0.182. The number of hydrogen-bond donors (Lipinski definition) is 2. The van der Waals surface area contributed by atoms with Gasteiger partial charge in [-0.25, -0.2) is 9.97 Å². The van der Waals surface area contributed by atoms with Gasteiger partial charge >= 0.3 is 0 Å². The number of nitrogen functional groups attached to an aromatic ring is 1. The van der Waals surface area contributed by atoms with Crippen molar-refractivity contribution in [1.29, 1.82) is 0 Å². The van der Waals surface area contributed by atoms with Gasteiger partial charge in [-0.3, -0.25) is 20.2 Å². The molecule has 2 rings (SSSR count). The lowest BCUT2D eigenvalue weighted by atomic mass is 10.2. The third-order valence-electron chi connectivity index (χ3n) is 2.68. The van der Waals surface area contributed by atoms with E-state index in [-0.39, 0.29) is 23.0 Å². The van der Waals surface area contributed by atoms with Gasteiger partial charge in [0.15, 0.2) is 0 Å². The molecule has 0 aliphatic rings. The highest BCUT2D eigenvalue weighted by Crippen LogP contribution is 2.17. The summed E-state index contributed by atoms with van der Waals surface area (Å²) < 4.78 is 0. The second-order valence-electron chi connectivity index (χ2n) is 4.14. The Hall–Kier alpha value is -3.17. The van der Waals surface area contributed by atoms with Gasteiger partial charge in [-0.1, -0.05) is 0 Å². The van der Waals surface area contributed by atoms with Crippen LogP contribution in [0.15, 0.2) is 12.3 Å². The van der Waals surface area contributed by atoms with E-state index in [0.717, 1.165) is 12.3 Å². The number of amides is 1. The lowest BCUT2D eigenvalue weighted by molar-refractivity contribution is -0.385. The number of nitrogens with zero attached hydrogens (tertiary/aromatic N) is 5. The predicted octanol–water partition coefficient (Wildman–Crippen LogP) is 0.626. The van der Waals surface area contributed by atoms with E-state index in [1.807, 2.05) is 0 Å². The summed E-state index contributed by atoms with van der Waals surface area (Å²) in [6.45, 7) is 3.44. The number of aromatic nitrogens is 4. The van der Waals surface area contributed by atoms with E-state index in [2.05, 4.69) is 25.5 Å². The van der Waals surface area contributed by atoms with Gasteiger partial charge in [-0.05, 0) is 13.8 Å². The minimum Gasteiger partial charge on any atom is -0.383 e. The molecule has 0 aliphatic heterocycles. The molecule has 0 saturated heterocycles. The van der Waals surface area contributed by atoms with Gasteiger partial charge in [0.2, 0.25) is 5.95 Å². The topological polar surface area (TPSA) is 150 Å². The number of nitrogens with one attached hydrogen (secondary N) is 1. The van der Waals surface area contributed by atoms with Gasteiger partial charge in [0.25, 0.3) is 11.6 Å². The zero-order valence-corrected chi connectivity index (χ0v) is 11.2. The number of carbonyl (C=O) groups excluding carboxylic acids is 1. The van der Waals surface area contributed by atoms with Crippen molar-refractivity contribution in [3.05, 3.63) is 39.3 Å². The second kappa shape index (κ2) is 5.45. The molecule has 0 spiro atoms. The largest absolute Gasteiger partial charge is 0.383 e. The van der Waals surface area contributed by atoms with Crippen LogP contribution in [0.1, 0.15) is 21.7 Å². The smallest absolute Gasteiger partial charge is 0.288 e. The van der Waals surface area contributed by atoms with E-state index in [9.17, 15) is 14.9 Å². The van der Waals surface area contributed by atoms with Crippen LogP contribution >= 0.6 is 0 Å². The fourth-order valence-electron chi connectivity index (χ4n) is 1.42. The number of carbonyl (C=O) groups is 1. The summed E-state index contributed by atoms with van der Waals surface area (Å²) >= 11 is 0. The normalized spacial score (nSPS) is 10.2. The lowest BCUT2D eigenvalue weighted by Gasteiger charge is -2.06. The molecule has 10 nitrogen and oxygen atoms in total. The first kappa shape index (κ1) is 14.2. The highest BCUT2D eigenvalue weighted by atomic mass is 16.6.